The van der Waals surface area contributed by atoms with Crippen LogP contribution in [0.15, 0.2) is 53.5 Å². The van der Waals surface area contributed by atoms with Crippen molar-refractivity contribution in [1.29, 1.82) is 0 Å². The molecule has 2 nitrogen and oxygen atoms in total. The zero-order chi connectivity index (χ0) is 14.4. The predicted octanol–water partition coefficient (Wildman–Crippen LogP) is 4.42. The molecule has 0 saturated carbocycles. The van der Waals surface area contributed by atoms with Crippen LogP contribution in [0.25, 0.3) is 0 Å². The van der Waals surface area contributed by atoms with Crippen molar-refractivity contribution in [2.45, 2.75) is 13.8 Å². The van der Waals surface area contributed by atoms with E-state index in [1.54, 1.807) is 18.3 Å². The summed E-state index contributed by atoms with van der Waals surface area (Å²) >= 11 is 0. The second-order valence-corrected chi connectivity index (χ2v) is 4.50. The Morgan fingerprint density at radius 1 is 0.950 bits per heavy atom. The molecule has 3 heteroatoms. The van der Waals surface area contributed by atoms with Crippen LogP contribution >= 0.6 is 0 Å². The summed E-state index contributed by atoms with van der Waals surface area (Å²) in [7, 11) is 0. The van der Waals surface area contributed by atoms with Crippen LogP contribution in [0.1, 0.15) is 19.4 Å². The van der Waals surface area contributed by atoms with Crippen molar-refractivity contribution >= 4 is 17.6 Å². The van der Waals surface area contributed by atoms with Crippen molar-refractivity contribution in [3.05, 3.63) is 59.9 Å². The first-order valence-electron chi connectivity index (χ1n) is 6.87. The minimum atomic E-state index is -0.243. The molecule has 0 heterocycles. The van der Waals surface area contributed by atoms with Gasteiger partial charge < -0.3 is 4.90 Å². The molecule has 0 radical (unpaired) electrons. The number of hydrogen-bond donors (Lipinski definition) is 0. The second kappa shape index (κ2) is 6.85. The Bertz CT molecular complexity index is 555. The number of aliphatic imine (C=N–C) groups is 1. The van der Waals surface area contributed by atoms with Gasteiger partial charge in [-0.3, -0.25) is 4.99 Å². The Balaban J connectivity index is 2.08. The summed E-state index contributed by atoms with van der Waals surface area (Å²) < 4.78 is 12.8. The molecule has 0 N–H and O–H groups in total. The molecule has 0 saturated heterocycles. The minimum Gasteiger partial charge on any atom is -0.372 e. The summed E-state index contributed by atoms with van der Waals surface area (Å²) in [6, 6.07) is 14.4. The van der Waals surface area contributed by atoms with Gasteiger partial charge in [-0.15, -0.1) is 0 Å². The third-order valence-corrected chi connectivity index (χ3v) is 3.21. The maximum Gasteiger partial charge on any atom is 0.123 e. The highest BCUT2D eigenvalue weighted by atomic mass is 19.1. The van der Waals surface area contributed by atoms with Crippen LogP contribution < -0.4 is 4.90 Å². The molecule has 0 atom stereocenters. The van der Waals surface area contributed by atoms with Gasteiger partial charge in [0.25, 0.3) is 0 Å². The van der Waals surface area contributed by atoms with Gasteiger partial charge in [0.1, 0.15) is 5.82 Å². The molecule has 0 bridgehead atoms. The number of halogens is 1. The smallest absolute Gasteiger partial charge is 0.123 e. The molecule has 2 aromatic rings. The van der Waals surface area contributed by atoms with Crippen LogP contribution in [-0.2, 0) is 0 Å². The number of benzene rings is 2. The van der Waals surface area contributed by atoms with Gasteiger partial charge in [0.05, 0.1) is 5.69 Å². The van der Waals surface area contributed by atoms with E-state index in [1.807, 2.05) is 12.1 Å². The maximum absolute atomic E-state index is 12.8. The Morgan fingerprint density at radius 2 is 1.55 bits per heavy atom. The lowest BCUT2D eigenvalue weighted by molar-refractivity contribution is 0.628. The first-order valence-corrected chi connectivity index (χ1v) is 6.87. The zero-order valence-electron chi connectivity index (χ0n) is 11.9. The Morgan fingerprint density at radius 3 is 2.10 bits per heavy atom. The Labute approximate surface area is 119 Å². The Hall–Kier alpha value is -2.16. The number of nitrogens with zero attached hydrogens (tertiary/aromatic N) is 2. The number of anilines is 1. The summed E-state index contributed by atoms with van der Waals surface area (Å²) in [5, 5.41) is 0. The van der Waals surface area contributed by atoms with Gasteiger partial charge >= 0.3 is 0 Å². The molecule has 0 aliphatic heterocycles. The van der Waals surface area contributed by atoms with E-state index in [0.29, 0.717) is 0 Å². The van der Waals surface area contributed by atoms with E-state index in [4.69, 9.17) is 0 Å². The van der Waals surface area contributed by atoms with Crippen LogP contribution in [0.5, 0.6) is 0 Å². The van der Waals surface area contributed by atoms with Gasteiger partial charge in [-0.25, -0.2) is 4.39 Å². The fraction of sp³-hybridized carbons (Fsp3) is 0.235. The first-order chi connectivity index (χ1) is 9.72. The topological polar surface area (TPSA) is 15.6 Å². The highest BCUT2D eigenvalue weighted by Crippen LogP contribution is 2.15. The van der Waals surface area contributed by atoms with Crippen molar-refractivity contribution in [2.24, 2.45) is 4.99 Å². The fourth-order valence-corrected chi connectivity index (χ4v) is 2.04. The summed E-state index contributed by atoms with van der Waals surface area (Å²) in [5.41, 5.74) is 3.00. The first kappa shape index (κ1) is 14.3. The zero-order valence-corrected chi connectivity index (χ0v) is 11.9. The molecule has 0 aliphatic carbocycles. The SMILES string of the molecule is CCN(CC)c1ccc(C=Nc2ccc(F)cc2)cc1. The predicted molar refractivity (Wildman–Crippen MR) is 83.7 cm³/mol. The van der Waals surface area contributed by atoms with E-state index in [-0.39, 0.29) is 5.82 Å². The van der Waals surface area contributed by atoms with Crippen LogP contribution in [0.4, 0.5) is 15.8 Å². The molecular weight excluding hydrogens is 251 g/mol. The van der Waals surface area contributed by atoms with Gasteiger partial charge in [-0.05, 0) is 55.8 Å². The van der Waals surface area contributed by atoms with Gasteiger partial charge in [-0.1, -0.05) is 12.1 Å². The molecule has 0 spiro atoms. The average molecular weight is 270 g/mol. The molecule has 0 amide bonds. The van der Waals surface area contributed by atoms with Crippen molar-refractivity contribution in [3.8, 4) is 0 Å². The monoisotopic (exact) mass is 270 g/mol. The highest BCUT2D eigenvalue weighted by molar-refractivity contribution is 5.82. The van der Waals surface area contributed by atoms with Crippen LogP contribution in [-0.4, -0.2) is 19.3 Å². The average Bonchev–Trinajstić information content (AvgIpc) is 2.49. The van der Waals surface area contributed by atoms with Gasteiger partial charge in [0.2, 0.25) is 0 Å². The minimum absolute atomic E-state index is 0.243. The van der Waals surface area contributed by atoms with Gasteiger partial charge in [-0.2, -0.15) is 0 Å². The molecular formula is C17H19FN2. The number of hydrogen-bond acceptors (Lipinski definition) is 2. The lowest BCUT2D eigenvalue weighted by Gasteiger charge is -2.20. The summed E-state index contributed by atoms with van der Waals surface area (Å²) in [5.74, 6) is -0.243. The molecule has 104 valence electrons. The van der Waals surface area contributed by atoms with E-state index in [0.717, 1.165) is 24.3 Å². The van der Waals surface area contributed by atoms with E-state index in [1.165, 1.54) is 17.8 Å². The highest BCUT2D eigenvalue weighted by Gasteiger charge is 2.00. The van der Waals surface area contributed by atoms with Crippen LogP contribution in [0, 0.1) is 5.82 Å². The molecule has 0 aromatic heterocycles. The third-order valence-electron chi connectivity index (χ3n) is 3.21. The fourth-order valence-electron chi connectivity index (χ4n) is 2.04. The van der Waals surface area contributed by atoms with Crippen molar-refractivity contribution < 1.29 is 4.39 Å². The van der Waals surface area contributed by atoms with Crippen LogP contribution in [0.2, 0.25) is 0 Å². The molecule has 0 aliphatic rings. The summed E-state index contributed by atoms with van der Waals surface area (Å²) in [6.07, 6.45) is 1.79. The standard InChI is InChI=1S/C17H19FN2/c1-3-20(4-2)17-11-5-14(6-12-17)13-19-16-9-7-15(18)8-10-16/h5-13H,3-4H2,1-2H3. The molecule has 0 fully saturated rings. The second-order valence-electron chi connectivity index (χ2n) is 4.50. The molecule has 2 rings (SSSR count). The quantitative estimate of drug-likeness (QED) is 0.734. The Kier molecular flexibility index (Phi) is 4.88. The summed E-state index contributed by atoms with van der Waals surface area (Å²) in [4.78, 5) is 6.62. The van der Waals surface area contributed by atoms with Crippen LogP contribution in [0.3, 0.4) is 0 Å². The molecule has 0 unspecified atom stereocenters. The van der Waals surface area contributed by atoms with Crippen molar-refractivity contribution in [1.82, 2.24) is 0 Å². The van der Waals surface area contributed by atoms with Crippen molar-refractivity contribution in [2.75, 3.05) is 18.0 Å². The lowest BCUT2D eigenvalue weighted by Crippen LogP contribution is -2.21. The molecule has 2 aromatic carbocycles. The lowest BCUT2D eigenvalue weighted by atomic mass is 10.2. The summed E-state index contributed by atoms with van der Waals surface area (Å²) in [6.45, 7) is 6.29. The normalized spacial score (nSPS) is 10.9. The van der Waals surface area contributed by atoms with Gasteiger partial charge in [0.15, 0.2) is 0 Å². The van der Waals surface area contributed by atoms with Crippen molar-refractivity contribution in [3.63, 3.8) is 0 Å². The third kappa shape index (κ3) is 3.67. The van der Waals surface area contributed by atoms with E-state index in [9.17, 15) is 4.39 Å². The van der Waals surface area contributed by atoms with Gasteiger partial charge in [0, 0.05) is 25.0 Å². The molecule has 20 heavy (non-hydrogen) atoms. The largest absolute Gasteiger partial charge is 0.372 e. The van der Waals surface area contributed by atoms with E-state index >= 15 is 0 Å². The number of rotatable bonds is 5. The van der Waals surface area contributed by atoms with E-state index < -0.39 is 0 Å². The maximum atomic E-state index is 12.8. The van der Waals surface area contributed by atoms with E-state index in [2.05, 4.69) is 35.9 Å².